The molecule has 19 heavy (non-hydrogen) atoms. The van der Waals surface area contributed by atoms with E-state index in [1.165, 1.54) is 12.8 Å². The van der Waals surface area contributed by atoms with Crippen molar-refractivity contribution in [1.29, 1.82) is 0 Å². The monoisotopic (exact) mass is 284 g/mol. The van der Waals surface area contributed by atoms with Crippen molar-refractivity contribution >= 4 is 12.0 Å². The minimum Gasteiger partial charge on any atom is -0.379 e. The number of rotatable bonds is 3. The predicted octanol–water partition coefficient (Wildman–Crippen LogP) is 1.23. The first-order chi connectivity index (χ1) is 9.14. The highest BCUT2D eigenvalue weighted by Crippen LogP contribution is 2.48. The molecule has 1 aliphatic carbocycles. The van der Waals surface area contributed by atoms with E-state index in [4.69, 9.17) is 4.18 Å². The Labute approximate surface area is 119 Å². The summed E-state index contributed by atoms with van der Waals surface area (Å²) in [6.45, 7) is 5.01. The Morgan fingerprint density at radius 3 is 3.05 bits per heavy atom. The lowest BCUT2D eigenvalue weighted by molar-refractivity contribution is 0.0246. The van der Waals surface area contributed by atoms with Gasteiger partial charge in [-0.15, -0.1) is 0 Å². The molecule has 2 fully saturated rings. The molecule has 3 rings (SSSR count). The number of nitrogens with one attached hydrogen (secondary N) is 1. The van der Waals surface area contributed by atoms with Gasteiger partial charge in [-0.3, -0.25) is 4.90 Å². The molecule has 0 aromatic carbocycles. The van der Waals surface area contributed by atoms with Crippen LogP contribution in [0.3, 0.4) is 0 Å². The Balaban J connectivity index is 1.73. The Kier molecular flexibility index (Phi) is 3.93. The van der Waals surface area contributed by atoms with E-state index in [9.17, 15) is 5.11 Å². The molecule has 0 amide bonds. The maximum Gasteiger partial charge on any atom is 0.104 e. The molecule has 5 unspecified atom stereocenters. The van der Waals surface area contributed by atoms with E-state index in [1.807, 2.05) is 6.92 Å². The lowest BCUT2D eigenvalue weighted by Crippen LogP contribution is -2.40. The van der Waals surface area contributed by atoms with Crippen LogP contribution in [0.25, 0.3) is 0 Å². The molecule has 2 N–H and O–H groups in total. The third kappa shape index (κ3) is 2.47. The molecule has 0 bridgehead atoms. The Morgan fingerprint density at radius 2 is 2.37 bits per heavy atom. The van der Waals surface area contributed by atoms with Crippen LogP contribution in [-0.4, -0.2) is 54.3 Å². The SMILES string of the molecule is COSC1C=CC2NCC3(CCN(C(C)O)C3)C2C1. The van der Waals surface area contributed by atoms with Gasteiger partial charge in [-0.05, 0) is 37.7 Å². The smallest absolute Gasteiger partial charge is 0.104 e. The van der Waals surface area contributed by atoms with Gasteiger partial charge in [-0.2, -0.15) is 0 Å². The van der Waals surface area contributed by atoms with Gasteiger partial charge in [-0.1, -0.05) is 12.2 Å². The van der Waals surface area contributed by atoms with Crippen LogP contribution in [0.1, 0.15) is 19.8 Å². The van der Waals surface area contributed by atoms with Crippen LogP contribution in [0.2, 0.25) is 0 Å². The summed E-state index contributed by atoms with van der Waals surface area (Å²) in [4.78, 5) is 2.21. The van der Waals surface area contributed by atoms with Crippen molar-refractivity contribution in [2.75, 3.05) is 26.7 Å². The Bertz CT molecular complexity index is 363. The summed E-state index contributed by atoms with van der Waals surface area (Å²) in [6, 6.07) is 0.516. The second-order valence-electron chi connectivity index (χ2n) is 6.15. The molecule has 0 radical (unpaired) electrons. The second kappa shape index (κ2) is 5.37. The molecule has 5 heteroatoms. The lowest BCUT2D eigenvalue weighted by atomic mass is 9.71. The summed E-state index contributed by atoms with van der Waals surface area (Å²) >= 11 is 1.57. The van der Waals surface area contributed by atoms with Gasteiger partial charge in [0.25, 0.3) is 0 Å². The van der Waals surface area contributed by atoms with E-state index < -0.39 is 0 Å². The maximum absolute atomic E-state index is 9.80. The van der Waals surface area contributed by atoms with Crippen LogP contribution in [0.4, 0.5) is 0 Å². The normalized spacial score (nSPS) is 43.8. The van der Waals surface area contributed by atoms with Gasteiger partial charge in [0.15, 0.2) is 0 Å². The maximum atomic E-state index is 9.80. The van der Waals surface area contributed by atoms with E-state index in [0.717, 1.165) is 19.6 Å². The van der Waals surface area contributed by atoms with Gasteiger partial charge < -0.3 is 14.6 Å². The van der Waals surface area contributed by atoms with Crippen molar-refractivity contribution in [1.82, 2.24) is 10.2 Å². The zero-order valence-corrected chi connectivity index (χ0v) is 12.5. The molecule has 2 saturated heterocycles. The minimum absolute atomic E-state index is 0.318. The molecule has 0 saturated carbocycles. The van der Waals surface area contributed by atoms with Crippen molar-refractivity contribution < 1.29 is 9.29 Å². The first-order valence-corrected chi connectivity index (χ1v) is 7.98. The van der Waals surface area contributed by atoms with Gasteiger partial charge in [0.1, 0.15) is 6.23 Å². The standard InChI is InChI=1S/C14H24N2O2S/c1-10(17)16-6-5-14(9-16)8-15-13-4-3-11(19-18-2)7-12(13)14/h3-4,10-13,15,17H,5-9H2,1-2H3. The fourth-order valence-corrected chi connectivity index (χ4v) is 4.72. The molecular formula is C14H24N2O2S. The third-order valence-corrected chi connectivity index (χ3v) is 5.88. The van der Waals surface area contributed by atoms with Crippen LogP contribution >= 0.6 is 12.0 Å². The summed E-state index contributed by atoms with van der Waals surface area (Å²) in [5.41, 5.74) is 0.346. The van der Waals surface area contributed by atoms with E-state index in [-0.39, 0.29) is 6.23 Å². The quantitative estimate of drug-likeness (QED) is 0.603. The topological polar surface area (TPSA) is 44.7 Å². The number of hydrogen-bond donors (Lipinski definition) is 2. The van der Waals surface area contributed by atoms with Crippen LogP contribution in [0.5, 0.6) is 0 Å². The first kappa shape index (κ1) is 13.9. The molecule has 1 spiro atoms. The number of fused-ring (bicyclic) bond motifs is 2. The fourth-order valence-electron chi connectivity index (χ4n) is 4.04. The highest BCUT2D eigenvalue weighted by molar-refractivity contribution is 7.95. The summed E-state index contributed by atoms with van der Waals surface area (Å²) in [5, 5.41) is 13.9. The number of hydrogen-bond acceptors (Lipinski definition) is 5. The van der Waals surface area contributed by atoms with Crippen LogP contribution in [0.15, 0.2) is 12.2 Å². The largest absolute Gasteiger partial charge is 0.379 e. The van der Waals surface area contributed by atoms with E-state index in [0.29, 0.717) is 22.6 Å². The van der Waals surface area contributed by atoms with Crippen LogP contribution < -0.4 is 5.32 Å². The summed E-state index contributed by atoms with van der Waals surface area (Å²) < 4.78 is 5.23. The minimum atomic E-state index is -0.318. The zero-order valence-electron chi connectivity index (χ0n) is 11.7. The molecule has 3 aliphatic rings. The van der Waals surface area contributed by atoms with Gasteiger partial charge >= 0.3 is 0 Å². The van der Waals surface area contributed by atoms with E-state index >= 15 is 0 Å². The van der Waals surface area contributed by atoms with Crippen molar-refractivity contribution in [3.05, 3.63) is 12.2 Å². The lowest BCUT2D eigenvalue weighted by Gasteiger charge is -2.36. The first-order valence-electron chi connectivity index (χ1n) is 7.18. The predicted molar refractivity (Wildman–Crippen MR) is 77.7 cm³/mol. The number of likely N-dealkylation sites (tertiary alicyclic amines) is 1. The second-order valence-corrected chi connectivity index (χ2v) is 7.28. The summed E-state index contributed by atoms with van der Waals surface area (Å²) in [6.07, 6.45) is 6.67. The number of aliphatic hydroxyl groups is 1. The van der Waals surface area contributed by atoms with Gasteiger partial charge in [0.05, 0.1) is 7.11 Å². The van der Waals surface area contributed by atoms with Crippen molar-refractivity contribution in [2.45, 2.75) is 37.3 Å². The zero-order chi connectivity index (χ0) is 13.5. The molecular weight excluding hydrogens is 260 g/mol. The van der Waals surface area contributed by atoms with Crippen LogP contribution in [-0.2, 0) is 4.18 Å². The molecule has 0 aromatic heterocycles. The van der Waals surface area contributed by atoms with E-state index in [2.05, 4.69) is 22.4 Å². The van der Waals surface area contributed by atoms with Gasteiger partial charge in [0.2, 0.25) is 0 Å². The molecule has 5 atom stereocenters. The van der Waals surface area contributed by atoms with E-state index in [1.54, 1.807) is 19.2 Å². The highest BCUT2D eigenvalue weighted by Gasteiger charge is 2.52. The fraction of sp³-hybridized carbons (Fsp3) is 0.857. The van der Waals surface area contributed by atoms with Crippen molar-refractivity contribution in [3.63, 3.8) is 0 Å². The molecule has 108 valence electrons. The number of nitrogens with zero attached hydrogens (tertiary/aromatic N) is 1. The summed E-state index contributed by atoms with van der Waals surface area (Å²) in [7, 11) is 1.75. The molecule has 0 aromatic rings. The molecule has 4 nitrogen and oxygen atoms in total. The Hall–Kier alpha value is -0.0700. The number of aliphatic hydroxyl groups excluding tert-OH is 1. The van der Waals surface area contributed by atoms with Crippen molar-refractivity contribution in [3.8, 4) is 0 Å². The average Bonchev–Trinajstić information content (AvgIpc) is 2.97. The Morgan fingerprint density at radius 1 is 1.53 bits per heavy atom. The summed E-state index contributed by atoms with van der Waals surface area (Å²) in [5.74, 6) is 0.675. The average molecular weight is 284 g/mol. The van der Waals surface area contributed by atoms with Gasteiger partial charge in [0, 0.05) is 36.3 Å². The van der Waals surface area contributed by atoms with Gasteiger partial charge in [-0.25, -0.2) is 0 Å². The molecule has 2 aliphatic heterocycles. The third-order valence-electron chi connectivity index (χ3n) is 5.09. The highest BCUT2D eigenvalue weighted by atomic mass is 32.2. The van der Waals surface area contributed by atoms with Crippen molar-refractivity contribution in [2.24, 2.45) is 11.3 Å². The van der Waals surface area contributed by atoms with Crippen LogP contribution in [0, 0.1) is 11.3 Å². The molecule has 2 heterocycles.